The van der Waals surface area contributed by atoms with Crippen LogP contribution in [0.5, 0.6) is 0 Å². The van der Waals surface area contributed by atoms with E-state index < -0.39 is 0 Å². The monoisotopic (exact) mass is 275 g/mol. The van der Waals surface area contributed by atoms with E-state index in [1.54, 1.807) is 0 Å². The first-order chi connectivity index (χ1) is 9.62. The number of rotatable bonds is 4. The van der Waals surface area contributed by atoms with Crippen LogP contribution in [0.1, 0.15) is 69.6 Å². The summed E-state index contributed by atoms with van der Waals surface area (Å²) in [6.07, 6.45) is 11.1. The highest BCUT2D eigenvalue weighted by atomic mass is 16.5. The average Bonchev–Trinajstić information content (AvgIpc) is 2.84. The van der Waals surface area contributed by atoms with Crippen LogP contribution < -0.4 is 5.73 Å². The predicted molar refractivity (Wildman–Crippen MR) is 75.8 cm³/mol. The third kappa shape index (κ3) is 2.18. The molecule has 4 fully saturated rings. The SMILES string of the molecule is CC(N)c1noc(CCC23CC4CC(CC(C4)C2)C3)n1. The Kier molecular flexibility index (Phi) is 2.92. The minimum Gasteiger partial charge on any atom is -0.339 e. The standard InChI is InChI=1S/C16H25N3O/c1-10(17)15-18-14(20-19-15)2-3-16-7-11-4-12(8-16)6-13(5-11)9-16/h10-13H,2-9,17H2,1H3. The van der Waals surface area contributed by atoms with Crippen molar-refractivity contribution in [1.29, 1.82) is 0 Å². The Hall–Kier alpha value is -0.900. The van der Waals surface area contributed by atoms with Gasteiger partial charge in [-0.15, -0.1) is 0 Å². The Labute approximate surface area is 120 Å². The second-order valence-electron chi connectivity index (χ2n) is 7.75. The van der Waals surface area contributed by atoms with Crippen LogP contribution in [-0.2, 0) is 6.42 Å². The lowest BCUT2D eigenvalue weighted by molar-refractivity contribution is -0.0577. The summed E-state index contributed by atoms with van der Waals surface area (Å²) in [6.45, 7) is 1.90. The fourth-order valence-electron chi connectivity index (χ4n) is 5.52. The van der Waals surface area contributed by atoms with Crippen molar-refractivity contribution in [3.63, 3.8) is 0 Å². The molecule has 4 bridgehead atoms. The van der Waals surface area contributed by atoms with Gasteiger partial charge in [-0.05, 0) is 75.0 Å². The van der Waals surface area contributed by atoms with Gasteiger partial charge in [-0.2, -0.15) is 4.98 Å². The smallest absolute Gasteiger partial charge is 0.226 e. The summed E-state index contributed by atoms with van der Waals surface area (Å²) in [6, 6.07) is -0.132. The maximum atomic E-state index is 5.78. The molecule has 20 heavy (non-hydrogen) atoms. The van der Waals surface area contributed by atoms with Crippen molar-refractivity contribution in [2.75, 3.05) is 0 Å². The molecule has 4 saturated carbocycles. The van der Waals surface area contributed by atoms with Crippen LogP contribution in [-0.4, -0.2) is 10.1 Å². The van der Waals surface area contributed by atoms with E-state index in [0.29, 0.717) is 11.2 Å². The summed E-state index contributed by atoms with van der Waals surface area (Å²) in [5, 5.41) is 3.97. The first-order valence-electron chi connectivity index (χ1n) is 8.20. The van der Waals surface area contributed by atoms with Crippen LogP contribution >= 0.6 is 0 Å². The highest BCUT2D eigenvalue weighted by Gasteiger charge is 2.50. The van der Waals surface area contributed by atoms with Crippen molar-refractivity contribution in [2.24, 2.45) is 28.9 Å². The van der Waals surface area contributed by atoms with E-state index in [0.717, 1.165) is 30.1 Å². The van der Waals surface area contributed by atoms with Crippen molar-refractivity contribution in [3.8, 4) is 0 Å². The third-order valence-electron chi connectivity index (χ3n) is 5.93. The summed E-state index contributed by atoms with van der Waals surface area (Å²) in [5.41, 5.74) is 6.38. The maximum absolute atomic E-state index is 5.78. The number of aryl methyl sites for hydroxylation is 1. The van der Waals surface area contributed by atoms with Crippen LogP contribution in [0, 0.1) is 23.2 Å². The first kappa shape index (κ1) is 12.8. The van der Waals surface area contributed by atoms with Crippen molar-refractivity contribution in [2.45, 2.75) is 64.3 Å². The second-order valence-corrected chi connectivity index (χ2v) is 7.75. The topological polar surface area (TPSA) is 64.9 Å². The van der Waals surface area contributed by atoms with E-state index in [1.165, 1.54) is 44.9 Å². The molecule has 1 unspecified atom stereocenters. The lowest BCUT2D eigenvalue weighted by Gasteiger charge is -2.57. The molecular formula is C16H25N3O. The number of aromatic nitrogens is 2. The molecule has 0 aromatic carbocycles. The van der Waals surface area contributed by atoms with Gasteiger partial charge in [0.05, 0.1) is 6.04 Å². The normalized spacial score (nSPS) is 40.2. The predicted octanol–water partition coefficient (Wildman–Crippen LogP) is 3.24. The van der Waals surface area contributed by atoms with E-state index >= 15 is 0 Å². The van der Waals surface area contributed by atoms with Crippen molar-refractivity contribution in [3.05, 3.63) is 11.7 Å². The minimum atomic E-state index is -0.132. The van der Waals surface area contributed by atoms with Gasteiger partial charge in [0, 0.05) is 6.42 Å². The highest BCUT2D eigenvalue weighted by molar-refractivity contribution is 5.02. The van der Waals surface area contributed by atoms with Crippen LogP contribution in [0.15, 0.2) is 4.52 Å². The molecule has 4 aliphatic rings. The lowest BCUT2D eigenvalue weighted by atomic mass is 9.48. The van der Waals surface area contributed by atoms with Crippen LogP contribution in [0.4, 0.5) is 0 Å². The molecule has 1 aromatic heterocycles. The summed E-state index contributed by atoms with van der Waals surface area (Å²) in [4.78, 5) is 4.42. The van der Waals surface area contributed by atoms with Crippen molar-refractivity contribution in [1.82, 2.24) is 10.1 Å². The molecule has 4 nitrogen and oxygen atoms in total. The molecule has 1 atom stereocenters. The number of nitrogens with two attached hydrogens (primary N) is 1. The van der Waals surface area contributed by atoms with Crippen molar-refractivity contribution < 1.29 is 4.52 Å². The molecule has 0 aliphatic heterocycles. The van der Waals surface area contributed by atoms with Crippen LogP contribution in [0.3, 0.4) is 0 Å². The van der Waals surface area contributed by atoms with Gasteiger partial charge in [-0.25, -0.2) is 0 Å². The Morgan fingerprint density at radius 1 is 1.20 bits per heavy atom. The zero-order valence-electron chi connectivity index (χ0n) is 12.3. The molecular weight excluding hydrogens is 250 g/mol. The second kappa shape index (κ2) is 4.55. The third-order valence-corrected chi connectivity index (χ3v) is 5.93. The van der Waals surface area contributed by atoms with Crippen molar-refractivity contribution >= 4 is 0 Å². The molecule has 0 spiro atoms. The molecule has 4 aliphatic carbocycles. The van der Waals surface area contributed by atoms with E-state index in [-0.39, 0.29) is 6.04 Å². The Balaban J connectivity index is 1.43. The maximum Gasteiger partial charge on any atom is 0.226 e. The van der Waals surface area contributed by atoms with Crippen LogP contribution in [0.25, 0.3) is 0 Å². The molecule has 2 N–H and O–H groups in total. The Morgan fingerprint density at radius 2 is 1.80 bits per heavy atom. The van der Waals surface area contributed by atoms with E-state index in [2.05, 4.69) is 10.1 Å². The summed E-state index contributed by atoms with van der Waals surface area (Å²) in [7, 11) is 0. The summed E-state index contributed by atoms with van der Waals surface area (Å²) in [5.74, 6) is 4.48. The van der Waals surface area contributed by atoms with Gasteiger partial charge in [0.15, 0.2) is 5.82 Å². The van der Waals surface area contributed by atoms with Gasteiger partial charge >= 0.3 is 0 Å². The summed E-state index contributed by atoms with van der Waals surface area (Å²) < 4.78 is 5.35. The van der Waals surface area contributed by atoms with Gasteiger partial charge < -0.3 is 10.3 Å². The molecule has 1 aromatic rings. The molecule has 0 saturated heterocycles. The number of hydrogen-bond donors (Lipinski definition) is 1. The Morgan fingerprint density at radius 3 is 2.30 bits per heavy atom. The van der Waals surface area contributed by atoms with Gasteiger partial charge in [-0.3, -0.25) is 0 Å². The van der Waals surface area contributed by atoms with Gasteiger partial charge in [0.25, 0.3) is 0 Å². The lowest BCUT2D eigenvalue weighted by Crippen LogP contribution is -2.46. The van der Waals surface area contributed by atoms with Gasteiger partial charge in [-0.1, -0.05) is 5.16 Å². The molecule has 0 radical (unpaired) electrons. The highest BCUT2D eigenvalue weighted by Crippen LogP contribution is 2.61. The largest absolute Gasteiger partial charge is 0.339 e. The molecule has 4 heteroatoms. The number of hydrogen-bond acceptors (Lipinski definition) is 4. The molecule has 110 valence electrons. The average molecular weight is 275 g/mol. The Bertz CT molecular complexity index is 458. The zero-order chi connectivity index (χ0) is 13.7. The van der Waals surface area contributed by atoms with Crippen LogP contribution in [0.2, 0.25) is 0 Å². The van der Waals surface area contributed by atoms with Gasteiger partial charge in [0.1, 0.15) is 0 Å². The number of nitrogens with zero attached hydrogens (tertiary/aromatic N) is 2. The summed E-state index contributed by atoms with van der Waals surface area (Å²) >= 11 is 0. The first-order valence-corrected chi connectivity index (χ1v) is 8.20. The minimum absolute atomic E-state index is 0.132. The van der Waals surface area contributed by atoms with E-state index in [4.69, 9.17) is 10.3 Å². The van der Waals surface area contributed by atoms with E-state index in [1.807, 2.05) is 6.92 Å². The molecule has 0 amide bonds. The van der Waals surface area contributed by atoms with E-state index in [9.17, 15) is 0 Å². The fourth-order valence-corrected chi connectivity index (χ4v) is 5.52. The molecule has 1 heterocycles. The fraction of sp³-hybridized carbons (Fsp3) is 0.875. The quantitative estimate of drug-likeness (QED) is 0.916. The van der Waals surface area contributed by atoms with Gasteiger partial charge in [0.2, 0.25) is 5.89 Å². The zero-order valence-corrected chi connectivity index (χ0v) is 12.3. The molecule has 5 rings (SSSR count).